The van der Waals surface area contributed by atoms with Crippen LogP contribution in [-0.2, 0) is 11.2 Å². The predicted molar refractivity (Wildman–Crippen MR) is 114 cm³/mol. The van der Waals surface area contributed by atoms with Crippen molar-refractivity contribution in [2.45, 2.75) is 104 Å². The third-order valence-electron chi connectivity index (χ3n) is 6.28. The van der Waals surface area contributed by atoms with Crippen molar-refractivity contribution < 1.29 is 18.3 Å². The molecule has 0 amide bonds. The zero-order valence-electron chi connectivity index (χ0n) is 18.3. The van der Waals surface area contributed by atoms with Crippen LogP contribution < -0.4 is 4.74 Å². The number of halogens is 2. The maximum atomic E-state index is 14.4. The minimum Gasteiger partial charge on any atom is -0.423 e. The first-order valence-electron chi connectivity index (χ1n) is 11.7. The van der Waals surface area contributed by atoms with Crippen LogP contribution in [0.25, 0.3) is 0 Å². The quantitative estimate of drug-likeness (QED) is 0.201. The maximum Gasteiger partial charge on any atom is 0.314 e. The van der Waals surface area contributed by atoms with Crippen LogP contribution in [0.15, 0.2) is 12.1 Å². The molecule has 164 valence electrons. The Hall–Kier alpha value is -1.45. The Morgan fingerprint density at radius 3 is 2.24 bits per heavy atom. The van der Waals surface area contributed by atoms with Crippen LogP contribution in [0.1, 0.15) is 103 Å². The third-order valence-corrected chi connectivity index (χ3v) is 6.28. The number of esters is 1. The first-order valence-corrected chi connectivity index (χ1v) is 11.7. The molecule has 0 heterocycles. The maximum absolute atomic E-state index is 14.4. The Morgan fingerprint density at radius 1 is 0.897 bits per heavy atom. The lowest BCUT2D eigenvalue weighted by Crippen LogP contribution is -2.26. The van der Waals surface area contributed by atoms with E-state index < -0.39 is 17.6 Å². The van der Waals surface area contributed by atoms with E-state index in [1.54, 1.807) is 6.07 Å². The first-order chi connectivity index (χ1) is 14.1. The van der Waals surface area contributed by atoms with E-state index in [-0.39, 0.29) is 11.7 Å². The van der Waals surface area contributed by atoms with Crippen LogP contribution in [0.4, 0.5) is 8.78 Å². The molecule has 4 heteroatoms. The smallest absolute Gasteiger partial charge is 0.314 e. The Labute approximate surface area is 175 Å². The number of carbonyl (C=O) groups is 1. The molecule has 0 bridgehead atoms. The van der Waals surface area contributed by atoms with Crippen LogP contribution in [0, 0.1) is 23.5 Å². The van der Waals surface area contributed by atoms with E-state index in [0.717, 1.165) is 44.9 Å². The van der Waals surface area contributed by atoms with Gasteiger partial charge >= 0.3 is 5.97 Å². The fraction of sp³-hybridized carbons (Fsp3) is 0.720. The zero-order valence-corrected chi connectivity index (χ0v) is 18.3. The van der Waals surface area contributed by atoms with Crippen molar-refractivity contribution in [1.29, 1.82) is 0 Å². The normalized spacial score (nSPS) is 19.3. The largest absolute Gasteiger partial charge is 0.423 e. The summed E-state index contributed by atoms with van der Waals surface area (Å²) in [5.74, 6) is -2.09. The molecule has 0 atom stereocenters. The summed E-state index contributed by atoms with van der Waals surface area (Å²) in [6.07, 6.45) is 14.4. The van der Waals surface area contributed by atoms with Crippen LogP contribution in [-0.4, -0.2) is 5.97 Å². The highest BCUT2D eigenvalue weighted by molar-refractivity contribution is 5.75. The number of benzene rings is 1. The van der Waals surface area contributed by atoms with Crippen molar-refractivity contribution in [2.24, 2.45) is 11.8 Å². The molecule has 1 saturated carbocycles. The topological polar surface area (TPSA) is 26.3 Å². The van der Waals surface area contributed by atoms with E-state index in [2.05, 4.69) is 13.8 Å². The molecule has 0 aliphatic heterocycles. The van der Waals surface area contributed by atoms with Crippen LogP contribution >= 0.6 is 0 Å². The van der Waals surface area contributed by atoms with Crippen LogP contribution in [0.3, 0.4) is 0 Å². The Kier molecular flexibility index (Phi) is 10.7. The van der Waals surface area contributed by atoms with Gasteiger partial charge in [-0.1, -0.05) is 71.3 Å². The van der Waals surface area contributed by atoms with Gasteiger partial charge in [-0.25, -0.2) is 4.39 Å². The van der Waals surface area contributed by atoms with Gasteiger partial charge < -0.3 is 4.74 Å². The van der Waals surface area contributed by atoms with Gasteiger partial charge in [-0.2, -0.15) is 4.39 Å². The standard InChI is InChI=1S/C25H38F2O2/c1-3-5-7-8-9-10-12-20-17-18-22(24(27)23(20)26)29-25(28)21-15-13-19(14-16-21)11-6-4-2/h17-19,21H,3-16H2,1-2H3. The second-order valence-corrected chi connectivity index (χ2v) is 8.65. The van der Waals surface area contributed by atoms with E-state index in [1.165, 1.54) is 44.6 Å². The Bertz CT molecular complexity index is 621. The molecular weight excluding hydrogens is 370 g/mol. The van der Waals surface area contributed by atoms with Gasteiger partial charge in [0.1, 0.15) is 0 Å². The summed E-state index contributed by atoms with van der Waals surface area (Å²) >= 11 is 0. The highest BCUT2D eigenvalue weighted by Gasteiger charge is 2.28. The van der Waals surface area contributed by atoms with Crippen molar-refractivity contribution in [3.05, 3.63) is 29.3 Å². The van der Waals surface area contributed by atoms with Crippen molar-refractivity contribution in [1.82, 2.24) is 0 Å². The lowest BCUT2D eigenvalue weighted by molar-refractivity contribution is -0.140. The average Bonchev–Trinajstić information content (AvgIpc) is 2.74. The van der Waals surface area contributed by atoms with E-state index in [4.69, 9.17) is 4.74 Å². The molecule has 1 aromatic rings. The molecule has 0 spiro atoms. The SMILES string of the molecule is CCCCCCCCc1ccc(OC(=O)C2CCC(CCCC)CC2)c(F)c1F. The molecular formula is C25H38F2O2. The predicted octanol–water partition coefficient (Wildman–Crippen LogP) is 7.77. The summed E-state index contributed by atoms with van der Waals surface area (Å²) in [5.41, 5.74) is 0.370. The number of rotatable bonds is 12. The number of carbonyl (C=O) groups excluding carboxylic acids is 1. The van der Waals surface area contributed by atoms with Crippen molar-refractivity contribution in [3.63, 3.8) is 0 Å². The molecule has 1 aliphatic rings. The zero-order chi connectivity index (χ0) is 21.1. The molecule has 2 nitrogen and oxygen atoms in total. The van der Waals surface area contributed by atoms with E-state index in [9.17, 15) is 13.6 Å². The van der Waals surface area contributed by atoms with E-state index >= 15 is 0 Å². The molecule has 1 aliphatic carbocycles. The lowest BCUT2D eigenvalue weighted by atomic mass is 9.80. The summed E-state index contributed by atoms with van der Waals surface area (Å²) < 4.78 is 34.1. The van der Waals surface area contributed by atoms with Gasteiger partial charge in [0.15, 0.2) is 11.6 Å². The van der Waals surface area contributed by atoms with Crippen molar-refractivity contribution in [2.75, 3.05) is 0 Å². The lowest BCUT2D eigenvalue weighted by Gasteiger charge is -2.27. The van der Waals surface area contributed by atoms with Gasteiger partial charge in [-0.3, -0.25) is 4.79 Å². The number of unbranched alkanes of at least 4 members (excludes halogenated alkanes) is 6. The molecule has 29 heavy (non-hydrogen) atoms. The second kappa shape index (κ2) is 13.0. The minimum absolute atomic E-state index is 0.196. The molecule has 0 saturated heterocycles. The third kappa shape index (κ3) is 7.71. The average molecular weight is 409 g/mol. The molecule has 0 aromatic heterocycles. The fourth-order valence-corrected chi connectivity index (χ4v) is 4.31. The van der Waals surface area contributed by atoms with Gasteiger partial charge in [0.25, 0.3) is 0 Å². The fourth-order valence-electron chi connectivity index (χ4n) is 4.31. The molecule has 2 rings (SSSR count). The molecule has 0 N–H and O–H groups in total. The van der Waals surface area contributed by atoms with E-state index in [1.807, 2.05) is 0 Å². The van der Waals surface area contributed by atoms with E-state index in [0.29, 0.717) is 17.9 Å². The number of ether oxygens (including phenoxy) is 1. The molecule has 0 radical (unpaired) electrons. The summed E-state index contributed by atoms with van der Waals surface area (Å²) in [6, 6.07) is 2.98. The van der Waals surface area contributed by atoms with Gasteiger partial charge in [0.05, 0.1) is 5.92 Å². The number of hydrogen-bond donors (Lipinski definition) is 0. The minimum atomic E-state index is -1.03. The molecule has 0 unspecified atom stereocenters. The van der Waals surface area contributed by atoms with Crippen LogP contribution in [0.2, 0.25) is 0 Å². The summed E-state index contributed by atoms with van der Waals surface area (Å²) in [6.45, 7) is 4.36. The number of aryl methyl sites for hydroxylation is 1. The monoisotopic (exact) mass is 408 g/mol. The van der Waals surface area contributed by atoms with Gasteiger partial charge in [0, 0.05) is 0 Å². The summed E-state index contributed by atoms with van der Waals surface area (Å²) in [4.78, 5) is 12.4. The molecule has 1 fully saturated rings. The molecule has 1 aromatic carbocycles. The highest BCUT2D eigenvalue weighted by Crippen LogP contribution is 2.33. The second-order valence-electron chi connectivity index (χ2n) is 8.65. The van der Waals surface area contributed by atoms with Crippen molar-refractivity contribution in [3.8, 4) is 5.75 Å². The number of hydrogen-bond acceptors (Lipinski definition) is 2. The van der Waals surface area contributed by atoms with Gasteiger partial charge in [-0.15, -0.1) is 0 Å². The summed E-state index contributed by atoms with van der Waals surface area (Å²) in [5, 5.41) is 0. The van der Waals surface area contributed by atoms with Gasteiger partial charge in [-0.05, 0) is 56.1 Å². The summed E-state index contributed by atoms with van der Waals surface area (Å²) in [7, 11) is 0. The highest BCUT2D eigenvalue weighted by atomic mass is 19.2. The van der Waals surface area contributed by atoms with Crippen LogP contribution in [0.5, 0.6) is 5.75 Å². The Balaban J connectivity index is 1.82. The first kappa shape index (κ1) is 23.8. The van der Waals surface area contributed by atoms with Crippen molar-refractivity contribution >= 4 is 5.97 Å². The Morgan fingerprint density at radius 2 is 1.55 bits per heavy atom. The van der Waals surface area contributed by atoms with Gasteiger partial charge in [0.2, 0.25) is 5.82 Å².